The van der Waals surface area contributed by atoms with Crippen molar-refractivity contribution in [3.05, 3.63) is 83.5 Å². The smallest absolute Gasteiger partial charge is 0.335 e. The molecule has 3 heteroatoms. The lowest BCUT2D eigenvalue weighted by Gasteiger charge is -2.05. The van der Waals surface area contributed by atoms with Gasteiger partial charge in [-0.15, -0.1) is 0 Å². The van der Waals surface area contributed by atoms with Gasteiger partial charge in [-0.05, 0) is 18.1 Å². The Kier molecular flexibility index (Phi) is 4.11. The van der Waals surface area contributed by atoms with E-state index in [0.29, 0.717) is 23.1 Å². The quantitative estimate of drug-likeness (QED) is 0.671. The molecule has 0 atom stereocenters. The molecule has 0 spiro atoms. The maximum absolute atomic E-state index is 12.4. The second-order valence-corrected chi connectivity index (χ2v) is 4.40. The van der Waals surface area contributed by atoms with Crippen molar-refractivity contribution >= 4 is 11.8 Å². The van der Waals surface area contributed by atoms with Gasteiger partial charge >= 0.3 is 5.97 Å². The van der Waals surface area contributed by atoms with E-state index in [1.54, 1.807) is 42.5 Å². The normalized spacial score (nSPS) is 14.0. The highest BCUT2D eigenvalue weighted by Crippen LogP contribution is 2.21. The van der Waals surface area contributed by atoms with E-state index in [0.717, 1.165) is 0 Å². The molecule has 0 fully saturated rings. The maximum Gasteiger partial charge on any atom is 0.335 e. The number of hydrogen-bond acceptors (Lipinski definition) is 2. The minimum atomic E-state index is -1.09. The zero-order valence-electron chi connectivity index (χ0n) is 10.9. The molecular formula is C17H14O3. The summed E-state index contributed by atoms with van der Waals surface area (Å²) in [6.45, 7) is 3.53. The molecule has 1 aromatic rings. The third-order valence-electron chi connectivity index (χ3n) is 3.01. The number of rotatable bonds is 4. The first kappa shape index (κ1) is 13.7. The summed E-state index contributed by atoms with van der Waals surface area (Å²) in [5, 5.41) is 8.99. The number of aliphatic carboxylic acids is 1. The van der Waals surface area contributed by atoms with Crippen molar-refractivity contribution in [2.45, 2.75) is 6.42 Å². The number of Topliss-reactive ketones (excluding diaryl/α,β-unsaturated/α-hetero) is 1. The average molecular weight is 266 g/mol. The number of carbonyl (C=O) groups is 2. The van der Waals surface area contributed by atoms with Gasteiger partial charge in [0.15, 0.2) is 5.78 Å². The number of allylic oxidation sites excluding steroid dienone is 5. The third kappa shape index (κ3) is 3.01. The van der Waals surface area contributed by atoms with Gasteiger partial charge in [-0.3, -0.25) is 4.79 Å². The zero-order valence-corrected chi connectivity index (χ0v) is 10.9. The average Bonchev–Trinajstić information content (AvgIpc) is 2.72. The van der Waals surface area contributed by atoms with Crippen molar-refractivity contribution in [2.75, 3.05) is 0 Å². The lowest BCUT2D eigenvalue weighted by molar-refractivity contribution is -0.132. The zero-order chi connectivity index (χ0) is 14.5. The molecule has 3 nitrogen and oxygen atoms in total. The molecule has 20 heavy (non-hydrogen) atoms. The first-order valence-electron chi connectivity index (χ1n) is 6.19. The van der Waals surface area contributed by atoms with Gasteiger partial charge in [0.05, 0.1) is 5.57 Å². The fourth-order valence-corrected chi connectivity index (χ4v) is 1.91. The highest BCUT2D eigenvalue weighted by Gasteiger charge is 2.15. The number of carboxylic acid groups (broad SMARTS) is 1. The molecule has 0 unspecified atom stereocenters. The molecule has 0 radical (unpaired) electrons. The Hall–Kier alpha value is -2.68. The van der Waals surface area contributed by atoms with E-state index >= 15 is 0 Å². The summed E-state index contributed by atoms with van der Waals surface area (Å²) in [5.41, 5.74) is 1.58. The minimum absolute atomic E-state index is 0.0186. The van der Waals surface area contributed by atoms with Crippen LogP contribution in [0.3, 0.4) is 0 Å². The van der Waals surface area contributed by atoms with Gasteiger partial charge in [0, 0.05) is 11.1 Å². The molecule has 0 aliphatic heterocycles. The van der Waals surface area contributed by atoms with E-state index in [-0.39, 0.29) is 11.4 Å². The SMILES string of the molecule is C=C(C(=O)O)C1=CC=CCC(C(=O)c2ccccc2)=C1. The number of ketones is 1. The summed E-state index contributed by atoms with van der Waals surface area (Å²) in [4.78, 5) is 23.4. The standard InChI is InChI=1S/C17H14O3/c1-12(17(19)20)14-9-5-6-10-15(11-14)16(18)13-7-3-2-4-8-13/h2-9,11H,1,10H2,(H,19,20). The summed E-state index contributed by atoms with van der Waals surface area (Å²) in [7, 11) is 0. The molecule has 1 N–H and O–H groups in total. The third-order valence-corrected chi connectivity index (χ3v) is 3.01. The van der Waals surface area contributed by atoms with Crippen LogP contribution in [-0.4, -0.2) is 16.9 Å². The lowest BCUT2D eigenvalue weighted by atomic mass is 9.97. The maximum atomic E-state index is 12.4. The van der Waals surface area contributed by atoms with Crippen LogP contribution in [0.15, 0.2) is 77.9 Å². The topological polar surface area (TPSA) is 54.4 Å². The molecule has 1 aromatic carbocycles. The highest BCUT2D eigenvalue weighted by atomic mass is 16.4. The molecule has 0 saturated heterocycles. The Labute approximate surface area is 117 Å². The molecule has 0 heterocycles. The van der Waals surface area contributed by atoms with E-state index in [1.165, 1.54) is 0 Å². The highest BCUT2D eigenvalue weighted by molar-refractivity contribution is 6.09. The summed E-state index contributed by atoms with van der Waals surface area (Å²) in [6, 6.07) is 8.93. The van der Waals surface area contributed by atoms with Crippen LogP contribution in [0.4, 0.5) is 0 Å². The van der Waals surface area contributed by atoms with Crippen molar-refractivity contribution in [3.63, 3.8) is 0 Å². The van der Waals surface area contributed by atoms with Crippen molar-refractivity contribution in [1.82, 2.24) is 0 Å². The van der Waals surface area contributed by atoms with Gasteiger partial charge in [0.2, 0.25) is 0 Å². The predicted octanol–water partition coefficient (Wildman–Crippen LogP) is 3.32. The van der Waals surface area contributed by atoms with Crippen LogP contribution in [0.1, 0.15) is 16.8 Å². The summed E-state index contributed by atoms with van der Waals surface area (Å²) >= 11 is 0. The monoisotopic (exact) mass is 266 g/mol. The van der Waals surface area contributed by atoms with E-state index < -0.39 is 5.97 Å². The van der Waals surface area contributed by atoms with Gasteiger partial charge in [0.1, 0.15) is 0 Å². The van der Waals surface area contributed by atoms with E-state index in [4.69, 9.17) is 5.11 Å². The predicted molar refractivity (Wildman–Crippen MR) is 77.5 cm³/mol. The van der Waals surface area contributed by atoms with Gasteiger partial charge < -0.3 is 5.11 Å². The van der Waals surface area contributed by atoms with E-state index in [2.05, 4.69) is 6.58 Å². The van der Waals surface area contributed by atoms with E-state index in [9.17, 15) is 9.59 Å². The van der Waals surface area contributed by atoms with Crippen LogP contribution < -0.4 is 0 Å². The molecule has 0 aromatic heterocycles. The molecule has 0 bridgehead atoms. The van der Waals surface area contributed by atoms with Crippen LogP contribution in [0.5, 0.6) is 0 Å². The van der Waals surface area contributed by atoms with Crippen molar-refractivity contribution in [3.8, 4) is 0 Å². The summed E-state index contributed by atoms with van der Waals surface area (Å²) in [5.74, 6) is -1.18. The Morgan fingerprint density at radius 3 is 2.50 bits per heavy atom. The molecule has 2 rings (SSSR count). The molecular weight excluding hydrogens is 252 g/mol. The Morgan fingerprint density at radius 1 is 1.15 bits per heavy atom. The Bertz CT molecular complexity index is 646. The van der Waals surface area contributed by atoms with Crippen LogP contribution in [-0.2, 0) is 4.79 Å². The van der Waals surface area contributed by atoms with E-state index in [1.807, 2.05) is 12.1 Å². The van der Waals surface area contributed by atoms with Gasteiger partial charge in [-0.1, -0.05) is 55.1 Å². The van der Waals surface area contributed by atoms with Gasteiger partial charge in [0.25, 0.3) is 0 Å². The molecule has 1 aliphatic rings. The Balaban J connectivity index is 2.35. The number of carboxylic acids is 1. The van der Waals surface area contributed by atoms with Crippen LogP contribution >= 0.6 is 0 Å². The molecule has 0 amide bonds. The summed E-state index contributed by atoms with van der Waals surface area (Å²) < 4.78 is 0. The van der Waals surface area contributed by atoms with Crippen LogP contribution in [0.2, 0.25) is 0 Å². The first-order chi connectivity index (χ1) is 9.59. The fraction of sp³-hybridized carbons (Fsp3) is 0.0588. The molecule has 0 saturated carbocycles. The largest absolute Gasteiger partial charge is 0.478 e. The number of carbonyl (C=O) groups excluding carboxylic acids is 1. The second-order valence-electron chi connectivity index (χ2n) is 4.40. The van der Waals surface area contributed by atoms with Crippen LogP contribution in [0, 0.1) is 0 Å². The van der Waals surface area contributed by atoms with Crippen LogP contribution in [0.25, 0.3) is 0 Å². The van der Waals surface area contributed by atoms with Crippen molar-refractivity contribution in [2.24, 2.45) is 0 Å². The van der Waals surface area contributed by atoms with Gasteiger partial charge in [-0.2, -0.15) is 0 Å². The fourth-order valence-electron chi connectivity index (χ4n) is 1.91. The first-order valence-corrected chi connectivity index (χ1v) is 6.19. The lowest BCUT2D eigenvalue weighted by Crippen LogP contribution is -2.05. The molecule has 100 valence electrons. The summed E-state index contributed by atoms with van der Waals surface area (Å²) in [6.07, 6.45) is 7.30. The van der Waals surface area contributed by atoms with Crippen molar-refractivity contribution in [1.29, 1.82) is 0 Å². The number of hydrogen-bond donors (Lipinski definition) is 1. The minimum Gasteiger partial charge on any atom is -0.478 e. The number of benzene rings is 1. The Morgan fingerprint density at radius 2 is 1.85 bits per heavy atom. The van der Waals surface area contributed by atoms with Gasteiger partial charge in [-0.25, -0.2) is 4.79 Å². The van der Waals surface area contributed by atoms with Crippen molar-refractivity contribution < 1.29 is 14.7 Å². The second kappa shape index (κ2) is 5.97. The molecule has 1 aliphatic carbocycles.